The van der Waals surface area contributed by atoms with Crippen LogP contribution in [0.2, 0.25) is 0 Å². The first kappa shape index (κ1) is 14.8. The van der Waals surface area contributed by atoms with Gasteiger partial charge in [0, 0.05) is 19.6 Å². The molecule has 0 aromatic heterocycles. The van der Waals surface area contributed by atoms with Crippen LogP contribution in [0.25, 0.3) is 0 Å². The van der Waals surface area contributed by atoms with Gasteiger partial charge in [-0.2, -0.15) is 0 Å². The van der Waals surface area contributed by atoms with Crippen LogP contribution in [0.5, 0.6) is 0 Å². The topological polar surface area (TPSA) is 75.4 Å². The molecular formula is C9H23N3O2S. The molecule has 15 heavy (non-hydrogen) atoms. The molecule has 0 aliphatic carbocycles. The van der Waals surface area contributed by atoms with E-state index >= 15 is 0 Å². The minimum atomic E-state index is -3.34. The lowest BCUT2D eigenvalue weighted by Gasteiger charge is -2.28. The zero-order chi connectivity index (χ0) is 12.1. The molecule has 5 nitrogen and oxygen atoms in total. The van der Waals surface area contributed by atoms with Crippen molar-refractivity contribution < 1.29 is 8.42 Å². The van der Waals surface area contributed by atoms with Crippen LogP contribution in [-0.2, 0) is 10.0 Å². The van der Waals surface area contributed by atoms with Gasteiger partial charge in [0.1, 0.15) is 0 Å². The van der Waals surface area contributed by atoms with E-state index in [4.69, 9.17) is 5.14 Å². The second-order valence-corrected chi connectivity index (χ2v) is 6.68. The molecule has 0 saturated heterocycles. The average molecular weight is 237 g/mol. The molecule has 6 heteroatoms. The standard InChI is InChI=1S/C9H23N3O2S/c1-9(2,8-12(3)4)7-11-5-6-15(10,13)14/h11H,5-8H2,1-4H3,(H2,10,13,14). The maximum atomic E-state index is 10.7. The number of rotatable bonds is 7. The highest BCUT2D eigenvalue weighted by Crippen LogP contribution is 2.13. The van der Waals surface area contributed by atoms with Crippen LogP contribution < -0.4 is 10.5 Å². The van der Waals surface area contributed by atoms with E-state index in [-0.39, 0.29) is 11.2 Å². The summed E-state index contributed by atoms with van der Waals surface area (Å²) in [6.07, 6.45) is 0. The fraction of sp³-hybridized carbons (Fsp3) is 1.00. The van der Waals surface area contributed by atoms with Gasteiger partial charge in [-0.25, -0.2) is 13.6 Å². The molecule has 0 spiro atoms. The maximum absolute atomic E-state index is 10.7. The molecule has 0 heterocycles. The predicted octanol–water partition coefficient (Wildman–Crippen LogP) is -0.548. The second-order valence-electron chi connectivity index (χ2n) is 4.95. The van der Waals surface area contributed by atoms with Crippen molar-refractivity contribution in [1.82, 2.24) is 10.2 Å². The summed E-state index contributed by atoms with van der Waals surface area (Å²) in [5, 5.41) is 7.99. The van der Waals surface area contributed by atoms with E-state index in [1.807, 2.05) is 14.1 Å². The number of nitrogens with two attached hydrogens (primary N) is 1. The van der Waals surface area contributed by atoms with Crippen molar-refractivity contribution >= 4 is 10.0 Å². The first-order chi connectivity index (χ1) is 6.62. The SMILES string of the molecule is CN(C)CC(C)(C)CNCCS(N)(=O)=O. The molecule has 0 rings (SSSR count). The smallest absolute Gasteiger partial charge is 0.210 e. The van der Waals surface area contributed by atoms with Crippen LogP contribution in [0.1, 0.15) is 13.8 Å². The number of sulfonamides is 1. The van der Waals surface area contributed by atoms with Crippen LogP contribution in [0.3, 0.4) is 0 Å². The Morgan fingerprint density at radius 3 is 2.27 bits per heavy atom. The largest absolute Gasteiger partial charge is 0.315 e. The summed E-state index contributed by atoms with van der Waals surface area (Å²) in [6.45, 7) is 6.42. The molecular weight excluding hydrogens is 214 g/mol. The lowest BCUT2D eigenvalue weighted by Crippen LogP contribution is -2.39. The quantitative estimate of drug-likeness (QED) is 0.583. The van der Waals surface area contributed by atoms with Gasteiger partial charge in [-0.05, 0) is 19.5 Å². The van der Waals surface area contributed by atoms with E-state index in [0.29, 0.717) is 6.54 Å². The van der Waals surface area contributed by atoms with Gasteiger partial charge in [0.15, 0.2) is 0 Å². The van der Waals surface area contributed by atoms with Gasteiger partial charge in [-0.1, -0.05) is 13.8 Å². The van der Waals surface area contributed by atoms with Crippen molar-refractivity contribution in [2.75, 3.05) is 39.5 Å². The predicted molar refractivity (Wildman–Crippen MR) is 63.2 cm³/mol. The molecule has 0 aliphatic rings. The Hall–Kier alpha value is -0.170. The van der Waals surface area contributed by atoms with Crippen LogP contribution >= 0.6 is 0 Å². The molecule has 0 unspecified atom stereocenters. The number of hydrogen-bond donors (Lipinski definition) is 2. The minimum absolute atomic E-state index is 0.00888. The molecule has 0 fully saturated rings. The Balaban J connectivity index is 3.76. The number of nitrogens with zero attached hydrogens (tertiary/aromatic N) is 1. The van der Waals surface area contributed by atoms with Crippen molar-refractivity contribution in [2.45, 2.75) is 13.8 Å². The zero-order valence-corrected chi connectivity index (χ0v) is 10.9. The van der Waals surface area contributed by atoms with Crippen molar-refractivity contribution in [3.8, 4) is 0 Å². The fourth-order valence-electron chi connectivity index (χ4n) is 1.55. The Morgan fingerprint density at radius 2 is 1.87 bits per heavy atom. The van der Waals surface area contributed by atoms with Crippen LogP contribution in [0.15, 0.2) is 0 Å². The monoisotopic (exact) mass is 237 g/mol. The van der Waals surface area contributed by atoms with Crippen LogP contribution in [-0.4, -0.2) is 52.8 Å². The van der Waals surface area contributed by atoms with Gasteiger partial charge in [0.25, 0.3) is 0 Å². The maximum Gasteiger partial charge on any atom is 0.210 e. The van der Waals surface area contributed by atoms with E-state index in [2.05, 4.69) is 24.1 Å². The third kappa shape index (κ3) is 10.1. The first-order valence-electron chi connectivity index (χ1n) is 4.98. The average Bonchev–Trinajstić information content (AvgIpc) is 1.93. The molecule has 0 aromatic rings. The summed E-state index contributed by atoms with van der Waals surface area (Å²) < 4.78 is 21.3. The molecule has 0 saturated carbocycles. The summed E-state index contributed by atoms with van der Waals surface area (Å²) in [4.78, 5) is 2.11. The Labute approximate surface area is 93.1 Å². The van der Waals surface area contributed by atoms with E-state index in [9.17, 15) is 8.42 Å². The van der Waals surface area contributed by atoms with Crippen molar-refractivity contribution in [1.29, 1.82) is 0 Å². The first-order valence-corrected chi connectivity index (χ1v) is 6.70. The van der Waals surface area contributed by atoms with E-state index < -0.39 is 10.0 Å². The van der Waals surface area contributed by atoms with Gasteiger partial charge in [0.05, 0.1) is 5.75 Å². The normalized spacial score (nSPS) is 13.5. The van der Waals surface area contributed by atoms with E-state index in [1.54, 1.807) is 0 Å². The molecule has 0 aromatic carbocycles. The number of nitrogens with one attached hydrogen (secondary N) is 1. The summed E-state index contributed by atoms with van der Waals surface area (Å²) in [5.41, 5.74) is 0.127. The lowest BCUT2D eigenvalue weighted by molar-refractivity contribution is 0.234. The highest BCUT2D eigenvalue weighted by Gasteiger charge is 2.18. The highest BCUT2D eigenvalue weighted by molar-refractivity contribution is 7.89. The van der Waals surface area contributed by atoms with Crippen molar-refractivity contribution in [2.24, 2.45) is 10.6 Å². The summed E-state index contributed by atoms with van der Waals surface area (Å²) in [7, 11) is 0.702. The van der Waals surface area contributed by atoms with E-state index in [1.165, 1.54) is 0 Å². The van der Waals surface area contributed by atoms with Crippen molar-refractivity contribution in [3.63, 3.8) is 0 Å². The second kappa shape index (κ2) is 5.79. The van der Waals surface area contributed by atoms with Gasteiger partial charge in [-0.15, -0.1) is 0 Å². The summed E-state index contributed by atoms with van der Waals surface area (Å²) >= 11 is 0. The Kier molecular flexibility index (Phi) is 5.72. The summed E-state index contributed by atoms with van der Waals surface area (Å²) in [5.74, 6) is -0.00888. The van der Waals surface area contributed by atoms with Gasteiger partial charge >= 0.3 is 0 Å². The van der Waals surface area contributed by atoms with E-state index in [0.717, 1.165) is 13.1 Å². The van der Waals surface area contributed by atoms with Gasteiger partial charge in [0.2, 0.25) is 10.0 Å². The molecule has 0 bridgehead atoms. The summed E-state index contributed by atoms with van der Waals surface area (Å²) in [6, 6.07) is 0. The molecule has 0 radical (unpaired) electrons. The number of primary sulfonamides is 1. The fourth-order valence-corrected chi connectivity index (χ4v) is 1.98. The number of hydrogen-bond acceptors (Lipinski definition) is 4. The van der Waals surface area contributed by atoms with Crippen LogP contribution in [0.4, 0.5) is 0 Å². The van der Waals surface area contributed by atoms with Crippen LogP contribution in [0, 0.1) is 5.41 Å². The lowest BCUT2D eigenvalue weighted by atomic mass is 9.93. The zero-order valence-electron chi connectivity index (χ0n) is 10.1. The molecule has 3 N–H and O–H groups in total. The third-order valence-corrected chi connectivity index (χ3v) is 2.68. The molecule has 0 aliphatic heterocycles. The minimum Gasteiger partial charge on any atom is -0.315 e. The Morgan fingerprint density at radius 1 is 1.33 bits per heavy atom. The third-order valence-electron chi connectivity index (χ3n) is 1.91. The highest BCUT2D eigenvalue weighted by atomic mass is 32.2. The molecule has 0 amide bonds. The molecule has 0 atom stereocenters. The van der Waals surface area contributed by atoms with Gasteiger partial charge < -0.3 is 10.2 Å². The van der Waals surface area contributed by atoms with Gasteiger partial charge in [-0.3, -0.25) is 0 Å². The van der Waals surface area contributed by atoms with Crippen molar-refractivity contribution in [3.05, 3.63) is 0 Å². The Bertz CT molecular complexity index is 273. The molecule has 92 valence electrons.